The third kappa shape index (κ3) is 4.88. The van der Waals surface area contributed by atoms with E-state index in [4.69, 9.17) is 23.1 Å². The average Bonchev–Trinajstić information content (AvgIpc) is 2.48. The Hall–Kier alpha value is -1.20. The Morgan fingerprint density at radius 3 is 2.30 bits per heavy atom. The van der Waals surface area contributed by atoms with Gasteiger partial charge >= 0.3 is 5.97 Å². The number of nitrogen functional groups attached to an aromatic ring is 1. The van der Waals surface area contributed by atoms with Crippen LogP contribution in [0.1, 0.15) is 42.0 Å². The predicted molar refractivity (Wildman–Crippen MR) is 99.3 cm³/mol. The van der Waals surface area contributed by atoms with E-state index in [0.717, 1.165) is 5.56 Å². The first-order valence-corrected chi connectivity index (χ1v) is 7.54. The van der Waals surface area contributed by atoms with Crippen LogP contribution in [-0.2, 0) is 11.2 Å². The smallest absolute Gasteiger partial charge is 0.307 e. The molecule has 0 unspecified atom stereocenters. The first-order valence-electron chi connectivity index (χ1n) is 7.14. The molecule has 0 bridgehead atoms. The summed E-state index contributed by atoms with van der Waals surface area (Å²) >= 11 is 5.53. The molecule has 2 rings (SSSR count). The largest absolute Gasteiger partial charge is 0.481 e. The monoisotopic (exact) mass is 336 g/mol. The van der Waals surface area contributed by atoms with Gasteiger partial charge in [-0.2, -0.15) is 0 Å². The second kappa shape index (κ2) is 8.60. The standard InChI is InChI=1S/C18H19NO2S.Na/c1-11(2)12-6-8-13(9-7-12)18(22)15-5-3-4-14(17(15)19)10-16(20)21;/h3-9,11H,10,19H2,1-2H3,(H,20,21);. The SMILES string of the molecule is CC(C)c1ccc(C(=S)c2cccc(CC(=O)O)c2N)cc1.[Na]. The summed E-state index contributed by atoms with van der Waals surface area (Å²) in [4.78, 5) is 11.5. The number of thiocarbonyl (C=S) groups is 1. The minimum Gasteiger partial charge on any atom is -0.481 e. The Bertz CT molecular complexity index is 711. The number of aliphatic carboxylic acids is 1. The van der Waals surface area contributed by atoms with Crippen LogP contribution in [0.4, 0.5) is 5.69 Å². The van der Waals surface area contributed by atoms with E-state index in [-0.39, 0.29) is 36.0 Å². The number of benzene rings is 2. The summed E-state index contributed by atoms with van der Waals surface area (Å²) in [5, 5.41) is 8.93. The van der Waals surface area contributed by atoms with E-state index in [9.17, 15) is 4.79 Å². The Morgan fingerprint density at radius 1 is 1.17 bits per heavy atom. The summed E-state index contributed by atoms with van der Waals surface area (Å²) in [6, 6.07) is 13.4. The minimum absolute atomic E-state index is 0. The van der Waals surface area contributed by atoms with Crippen LogP contribution in [0, 0.1) is 0 Å². The quantitative estimate of drug-likeness (QED) is 0.380. The van der Waals surface area contributed by atoms with E-state index in [2.05, 4.69) is 26.0 Å². The minimum atomic E-state index is -0.906. The van der Waals surface area contributed by atoms with E-state index in [0.29, 0.717) is 27.6 Å². The molecule has 0 aromatic heterocycles. The van der Waals surface area contributed by atoms with Gasteiger partial charge in [0.15, 0.2) is 0 Å². The zero-order valence-corrected chi connectivity index (χ0v) is 16.5. The van der Waals surface area contributed by atoms with Crippen molar-refractivity contribution in [3.8, 4) is 0 Å². The molecule has 3 nitrogen and oxygen atoms in total. The average molecular weight is 336 g/mol. The molecule has 0 atom stereocenters. The van der Waals surface area contributed by atoms with E-state index in [1.807, 2.05) is 18.2 Å². The molecular formula is C18H19NNaO2S. The molecule has 0 aliphatic carbocycles. The van der Waals surface area contributed by atoms with Crippen LogP contribution in [0.3, 0.4) is 0 Å². The molecule has 0 amide bonds. The number of anilines is 1. The molecule has 0 spiro atoms. The van der Waals surface area contributed by atoms with Gasteiger partial charge in [0.05, 0.1) is 11.3 Å². The normalized spacial score (nSPS) is 10.2. The summed E-state index contributed by atoms with van der Waals surface area (Å²) in [7, 11) is 0. The summed E-state index contributed by atoms with van der Waals surface area (Å²) in [5.74, 6) is -0.442. The van der Waals surface area contributed by atoms with Crippen LogP contribution >= 0.6 is 12.2 Å². The van der Waals surface area contributed by atoms with Gasteiger partial charge in [0.25, 0.3) is 0 Å². The van der Waals surface area contributed by atoms with Crippen molar-refractivity contribution in [3.05, 3.63) is 64.7 Å². The van der Waals surface area contributed by atoms with Gasteiger partial charge < -0.3 is 10.8 Å². The number of rotatable bonds is 5. The molecular weight excluding hydrogens is 317 g/mol. The van der Waals surface area contributed by atoms with Crippen molar-refractivity contribution in [3.63, 3.8) is 0 Å². The molecule has 0 aliphatic heterocycles. The van der Waals surface area contributed by atoms with Gasteiger partial charge in [-0.1, -0.05) is 68.5 Å². The van der Waals surface area contributed by atoms with Crippen LogP contribution in [0.5, 0.6) is 0 Å². The van der Waals surface area contributed by atoms with Gasteiger partial charge in [-0.15, -0.1) is 0 Å². The summed E-state index contributed by atoms with van der Waals surface area (Å²) in [6.45, 7) is 4.28. The maximum absolute atomic E-state index is 10.9. The van der Waals surface area contributed by atoms with Crippen LogP contribution in [0.25, 0.3) is 0 Å². The molecule has 115 valence electrons. The zero-order valence-electron chi connectivity index (χ0n) is 13.7. The number of para-hydroxylation sites is 1. The Morgan fingerprint density at radius 2 is 1.78 bits per heavy atom. The first kappa shape index (κ1) is 19.8. The third-order valence-corrected chi connectivity index (χ3v) is 4.08. The fourth-order valence-corrected chi connectivity index (χ4v) is 2.62. The van der Waals surface area contributed by atoms with E-state index in [1.165, 1.54) is 5.56 Å². The third-order valence-electron chi connectivity index (χ3n) is 3.62. The number of nitrogens with two attached hydrogens (primary N) is 1. The van der Waals surface area contributed by atoms with Crippen molar-refractivity contribution in [1.29, 1.82) is 0 Å². The molecule has 5 heteroatoms. The Balaban J connectivity index is 0.00000264. The molecule has 3 N–H and O–H groups in total. The summed E-state index contributed by atoms with van der Waals surface area (Å²) in [6.07, 6.45) is -0.103. The number of hydrogen-bond acceptors (Lipinski definition) is 3. The van der Waals surface area contributed by atoms with Crippen molar-refractivity contribution < 1.29 is 9.90 Å². The molecule has 0 fully saturated rings. The fraction of sp³-hybridized carbons (Fsp3) is 0.222. The van der Waals surface area contributed by atoms with Crippen LogP contribution < -0.4 is 5.73 Å². The van der Waals surface area contributed by atoms with Gasteiger partial charge in [-0.25, -0.2) is 0 Å². The fourth-order valence-electron chi connectivity index (χ4n) is 2.30. The Kier molecular flexibility index (Phi) is 7.42. The molecule has 0 saturated heterocycles. The van der Waals surface area contributed by atoms with Crippen molar-refractivity contribution >= 4 is 58.3 Å². The van der Waals surface area contributed by atoms with Gasteiger partial charge in [0.2, 0.25) is 0 Å². The molecule has 2 aromatic rings. The molecule has 1 radical (unpaired) electrons. The van der Waals surface area contributed by atoms with Gasteiger partial charge in [0.1, 0.15) is 0 Å². The molecule has 0 saturated carbocycles. The van der Waals surface area contributed by atoms with Crippen molar-refractivity contribution in [2.75, 3.05) is 5.73 Å². The van der Waals surface area contributed by atoms with E-state index in [1.54, 1.807) is 12.1 Å². The number of carboxylic acid groups (broad SMARTS) is 1. The maximum Gasteiger partial charge on any atom is 0.307 e. The topological polar surface area (TPSA) is 63.3 Å². The molecule has 0 aliphatic rings. The van der Waals surface area contributed by atoms with Crippen LogP contribution in [0.15, 0.2) is 42.5 Å². The Labute approximate surface area is 164 Å². The number of hydrogen-bond donors (Lipinski definition) is 2. The first-order chi connectivity index (χ1) is 10.4. The van der Waals surface area contributed by atoms with Gasteiger partial charge in [0, 0.05) is 40.8 Å². The summed E-state index contributed by atoms with van der Waals surface area (Å²) in [5.41, 5.74) is 10.0. The zero-order chi connectivity index (χ0) is 16.3. The van der Waals surface area contributed by atoms with Crippen LogP contribution in [0.2, 0.25) is 0 Å². The molecule has 0 heterocycles. The van der Waals surface area contributed by atoms with Crippen molar-refractivity contribution in [1.82, 2.24) is 0 Å². The van der Waals surface area contributed by atoms with Crippen LogP contribution in [-0.4, -0.2) is 45.5 Å². The second-order valence-electron chi connectivity index (χ2n) is 5.55. The second-order valence-corrected chi connectivity index (χ2v) is 5.96. The maximum atomic E-state index is 10.9. The summed E-state index contributed by atoms with van der Waals surface area (Å²) < 4.78 is 0. The van der Waals surface area contributed by atoms with Crippen molar-refractivity contribution in [2.24, 2.45) is 0 Å². The van der Waals surface area contributed by atoms with Crippen molar-refractivity contribution in [2.45, 2.75) is 26.2 Å². The predicted octanol–water partition coefficient (Wildman–Crippen LogP) is 3.40. The van der Waals surface area contributed by atoms with E-state index >= 15 is 0 Å². The van der Waals surface area contributed by atoms with Gasteiger partial charge in [-0.3, -0.25) is 4.79 Å². The van der Waals surface area contributed by atoms with E-state index < -0.39 is 5.97 Å². The van der Waals surface area contributed by atoms with Gasteiger partial charge in [-0.05, 0) is 22.6 Å². The molecule has 23 heavy (non-hydrogen) atoms. The number of carboxylic acids is 1. The molecule has 2 aromatic carbocycles. The number of carbonyl (C=O) groups is 1.